The van der Waals surface area contributed by atoms with Crippen molar-refractivity contribution in [3.05, 3.63) is 52.0 Å². The molecule has 0 amide bonds. The Hall–Kier alpha value is -1.63. The zero-order valence-electron chi connectivity index (χ0n) is 15.1. The first-order valence-corrected chi connectivity index (χ1v) is 9.31. The maximum Gasteiger partial charge on any atom is 0.241 e. The summed E-state index contributed by atoms with van der Waals surface area (Å²) in [5.41, 5.74) is 4.72. The molecule has 1 heterocycles. The van der Waals surface area contributed by atoms with Crippen LogP contribution in [0.2, 0.25) is 0 Å². The number of ether oxygens (including phenoxy) is 1. The van der Waals surface area contributed by atoms with Gasteiger partial charge in [0.05, 0.1) is 11.2 Å². The highest BCUT2D eigenvalue weighted by atomic mass is 32.2. The molecule has 0 radical (unpaired) electrons. The van der Waals surface area contributed by atoms with Crippen LogP contribution in [-0.2, 0) is 14.8 Å². The molecule has 1 aromatic carbocycles. The molecule has 2 rings (SSSR count). The van der Waals surface area contributed by atoms with Crippen molar-refractivity contribution in [2.75, 3.05) is 13.7 Å². The summed E-state index contributed by atoms with van der Waals surface area (Å²) < 4.78 is 39.1. The van der Waals surface area contributed by atoms with Gasteiger partial charge in [-0.15, -0.1) is 0 Å². The maximum absolute atomic E-state index is 12.9. The largest absolute Gasteiger partial charge is 0.467 e. The van der Waals surface area contributed by atoms with Crippen molar-refractivity contribution in [1.82, 2.24) is 4.72 Å². The van der Waals surface area contributed by atoms with E-state index in [0.717, 1.165) is 27.8 Å². The van der Waals surface area contributed by atoms with Crippen LogP contribution in [0.3, 0.4) is 0 Å². The second kappa shape index (κ2) is 7.09. The highest BCUT2D eigenvalue weighted by molar-refractivity contribution is 7.89. The van der Waals surface area contributed by atoms with E-state index in [1.165, 1.54) is 13.4 Å². The number of nitrogens with one attached hydrogen (secondary N) is 1. The summed E-state index contributed by atoms with van der Waals surface area (Å²) in [6.45, 7) is 9.74. The van der Waals surface area contributed by atoms with Gasteiger partial charge in [-0.1, -0.05) is 0 Å². The third-order valence-electron chi connectivity index (χ3n) is 4.80. The third kappa shape index (κ3) is 3.41. The molecule has 0 spiro atoms. The SMILES string of the molecule is COC(CNS(=O)(=O)c1c(C)c(C)c(C)c(C)c1C)c1ccco1. The minimum absolute atomic E-state index is 0.108. The molecule has 5 nitrogen and oxygen atoms in total. The van der Waals surface area contributed by atoms with E-state index < -0.39 is 16.1 Å². The fourth-order valence-corrected chi connectivity index (χ4v) is 4.53. The molecule has 0 aliphatic rings. The smallest absolute Gasteiger partial charge is 0.241 e. The van der Waals surface area contributed by atoms with E-state index >= 15 is 0 Å². The highest BCUT2D eigenvalue weighted by Crippen LogP contribution is 2.29. The van der Waals surface area contributed by atoms with Crippen molar-refractivity contribution >= 4 is 10.0 Å². The standard InChI is InChI=1S/C18H25NO4S/c1-11-12(2)14(4)18(15(5)13(11)3)24(20,21)19-10-17(22-6)16-8-7-9-23-16/h7-9,17,19H,10H2,1-6H3. The summed E-state index contributed by atoms with van der Waals surface area (Å²) in [5, 5.41) is 0. The Bertz CT molecular complexity index is 794. The van der Waals surface area contributed by atoms with E-state index in [1.54, 1.807) is 12.1 Å². The van der Waals surface area contributed by atoms with Crippen molar-refractivity contribution in [2.24, 2.45) is 0 Å². The van der Waals surface area contributed by atoms with Crippen LogP contribution < -0.4 is 4.72 Å². The molecule has 0 saturated carbocycles. The predicted molar refractivity (Wildman–Crippen MR) is 93.8 cm³/mol. The summed E-state index contributed by atoms with van der Waals surface area (Å²) in [6, 6.07) is 3.51. The van der Waals surface area contributed by atoms with Gasteiger partial charge in [0.2, 0.25) is 10.0 Å². The van der Waals surface area contributed by atoms with E-state index in [1.807, 2.05) is 34.6 Å². The summed E-state index contributed by atoms with van der Waals surface area (Å²) in [5.74, 6) is 0.588. The van der Waals surface area contributed by atoms with Gasteiger partial charge in [-0.3, -0.25) is 0 Å². The van der Waals surface area contributed by atoms with Crippen LogP contribution in [0.15, 0.2) is 27.7 Å². The van der Waals surface area contributed by atoms with E-state index in [-0.39, 0.29) is 6.54 Å². The molecule has 1 aromatic heterocycles. The number of hydrogen-bond acceptors (Lipinski definition) is 4. The average Bonchev–Trinajstić information content (AvgIpc) is 3.06. The number of hydrogen-bond donors (Lipinski definition) is 1. The van der Waals surface area contributed by atoms with E-state index in [4.69, 9.17) is 9.15 Å². The average molecular weight is 351 g/mol. The molecule has 1 atom stereocenters. The summed E-state index contributed by atoms with van der Waals surface area (Å²) in [6.07, 6.45) is 1.07. The van der Waals surface area contributed by atoms with Gasteiger partial charge < -0.3 is 9.15 Å². The molecule has 0 aliphatic carbocycles. The second-order valence-corrected chi connectivity index (χ2v) is 7.75. The molecule has 0 bridgehead atoms. The maximum atomic E-state index is 12.9. The third-order valence-corrected chi connectivity index (χ3v) is 6.50. The summed E-state index contributed by atoms with van der Waals surface area (Å²) in [4.78, 5) is 0.359. The van der Waals surface area contributed by atoms with E-state index in [0.29, 0.717) is 10.7 Å². The fourth-order valence-electron chi connectivity index (χ4n) is 2.90. The zero-order valence-corrected chi connectivity index (χ0v) is 15.9. The lowest BCUT2D eigenvalue weighted by atomic mass is 9.95. The zero-order chi connectivity index (χ0) is 18.1. The first-order valence-electron chi connectivity index (χ1n) is 7.83. The molecule has 6 heteroatoms. The lowest BCUT2D eigenvalue weighted by molar-refractivity contribution is 0.0878. The second-order valence-electron chi connectivity index (χ2n) is 6.05. The Morgan fingerprint density at radius 3 is 2.04 bits per heavy atom. The van der Waals surface area contributed by atoms with Crippen molar-refractivity contribution in [2.45, 2.75) is 45.6 Å². The molecule has 132 valence electrons. The van der Waals surface area contributed by atoms with Gasteiger partial charge in [-0.25, -0.2) is 13.1 Å². The first kappa shape index (κ1) is 18.7. The van der Waals surface area contributed by atoms with Gasteiger partial charge in [0.25, 0.3) is 0 Å². The van der Waals surface area contributed by atoms with Gasteiger partial charge in [-0.05, 0) is 74.6 Å². The molecule has 24 heavy (non-hydrogen) atoms. The van der Waals surface area contributed by atoms with Crippen LogP contribution in [0.1, 0.15) is 39.7 Å². The molecule has 1 unspecified atom stereocenters. The molecule has 0 aliphatic heterocycles. The Labute approximate surface area is 144 Å². The highest BCUT2D eigenvalue weighted by Gasteiger charge is 2.25. The Morgan fingerprint density at radius 1 is 1.04 bits per heavy atom. The minimum atomic E-state index is -3.65. The molecule has 0 fully saturated rings. The van der Waals surface area contributed by atoms with Crippen molar-refractivity contribution < 1.29 is 17.6 Å². The van der Waals surface area contributed by atoms with Crippen LogP contribution in [0.4, 0.5) is 0 Å². The fraction of sp³-hybridized carbons (Fsp3) is 0.444. The van der Waals surface area contributed by atoms with Gasteiger partial charge in [0.1, 0.15) is 11.9 Å². The van der Waals surface area contributed by atoms with Crippen LogP contribution in [0.25, 0.3) is 0 Å². The quantitative estimate of drug-likeness (QED) is 0.865. The summed E-state index contributed by atoms with van der Waals surface area (Å²) >= 11 is 0. The molecule has 2 aromatic rings. The predicted octanol–water partition coefficient (Wildman–Crippen LogP) is 3.49. The van der Waals surface area contributed by atoms with E-state index in [2.05, 4.69) is 4.72 Å². The Morgan fingerprint density at radius 2 is 1.58 bits per heavy atom. The van der Waals surface area contributed by atoms with E-state index in [9.17, 15) is 8.42 Å². The Balaban J connectivity index is 2.35. The normalized spacial score (nSPS) is 13.2. The minimum Gasteiger partial charge on any atom is -0.467 e. The summed E-state index contributed by atoms with van der Waals surface area (Å²) in [7, 11) is -2.13. The van der Waals surface area contributed by atoms with Gasteiger partial charge >= 0.3 is 0 Å². The number of benzene rings is 1. The molecular weight excluding hydrogens is 326 g/mol. The van der Waals surface area contributed by atoms with Crippen molar-refractivity contribution in [1.29, 1.82) is 0 Å². The monoisotopic (exact) mass is 351 g/mol. The lowest BCUT2D eigenvalue weighted by Gasteiger charge is -2.20. The number of methoxy groups -OCH3 is 1. The van der Waals surface area contributed by atoms with Crippen molar-refractivity contribution in [3.8, 4) is 0 Å². The Kier molecular flexibility index (Phi) is 5.52. The topological polar surface area (TPSA) is 68.5 Å². The van der Waals surface area contributed by atoms with Crippen LogP contribution >= 0.6 is 0 Å². The van der Waals surface area contributed by atoms with Gasteiger partial charge in [-0.2, -0.15) is 0 Å². The lowest BCUT2D eigenvalue weighted by Crippen LogP contribution is -2.30. The van der Waals surface area contributed by atoms with Gasteiger partial charge in [0.15, 0.2) is 0 Å². The molecule has 0 saturated heterocycles. The first-order chi connectivity index (χ1) is 11.2. The number of furan rings is 1. The van der Waals surface area contributed by atoms with Gasteiger partial charge in [0, 0.05) is 13.7 Å². The van der Waals surface area contributed by atoms with Crippen LogP contribution in [-0.4, -0.2) is 22.1 Å². The van der Waals surface area contributed by atoms with Crippen LogP contribution in [0, 0.1) is 34.6 Å². The molecular formula is C18H25NO4S. The molecule has 1 N–H and O–H groups in total. The number of rotatable bonds is 6. The van der Waals surface area contributed by atoms with Crippen LogP contribution in [0.5, 0.6) is 0 Å². The number of sulfonamides is 1. The van der Waals surface area contributed by atoms with Crippen molar-refractivity contribution in [3.63, 3.8) is 0 Å².